The largest absolute Gasteiger partial charge is 0.474 e. The summed E-state index contributed by atoms with van der Waals surface area (Å²) in [5.74, 6) is 1.59. The van der Waals surface area contributed by atoms with Crippen LogP contribution in [-0.4, -0.2) is 54.4 Å². The van der Waals surface area contributed by atoms with Gasteiger partial charge in [-0.3, -0.25) is 10.4 Å². The van der Waals surface area contributed by atoms with Gasteiger partial charge in [-0.15, -0.1) is 0 Å². The molecule has 0 spiro atoms. The van der Waals surface area contributed by atoms with E-state index in [1.165, 1.54) is 0 Å². The fourth-order valence-electron chi connectivity index (χ4n) is 3.78. The molecule has 0 radical (unpaired) electrons. The summed E-state index contributed by atoms with van der Waals surface area (Å²) in [7, 11) is 0. The summed E-state index contributed by atoms with van der Waals surface area (Å²) < 4.78 is 11.8. The van der Waals surface area contributed by atoms with E-state index in [9.17, 15) is 0 Å². The number of nitrogens with one attached hydrogen (secondary N) is 2. The van der Waals surface area contributed by atoms with Crippen molar-refractivity contribution < 1.29 is 9.47 Å². The zero-order valence-corrected chi connectivity index (χ0v) is 15.4. The number of nitrogens with zero attached hydrogens (tertiary/aromatic N) is 3. The number of anilines is 1. The van der Waals surface area contributed by atoms with Gasteiger partial charge in [-0.2, -0.15) is 4.98 Å². The fraction of sp³-hybridized carbons (Fsp3) is 0.526. The highest BCUT2D eigenvalue weighted by Crippen LogP contribution is 2.30. The quantitative estimate of drug-likeness (QED) is 0.554. The second-order valence-corrected chi connectivity index (χ2v) is 7.10. The third-order valence-electron chi connectivity index (χ3n) is 5.20. The van der Waals surface area contributed by atoms with E-state index >= 15 is 0 Å². The maximum Gasteiger partial charge on any atom is 0.225 e. The number of morpholine rings is 1. The van der Waals surface area contributed by atoms with Crippen molar-refractivity contribution in [1.82, 2.24) is 15.3 Å². The highest BCUT2D eigenvalue weighted by Gasteiger charge is 2.24. The molecule has 2 aromatic heterocycles. The molecule has 2 fully saturated rings. The first-order chi connectivity index (χ1) is 13.2. The van der Waals surface area contributed by atoms with E-state index in [2.05, 4.69) is 15.2 Å². The van der Waals surface area contributed by atoms with Gasteiger partial charge in [0.1, 0.15) is 11.9 Å². The lowest BCUT2D eigenvalue weighted by Gasteiger charge is -2.31. The molecule has 4 rings (SSSR count). The summed E-state index contributed by atoms with van der Waals surface area (Å²) >= 11 is 0. The summed E-state index contributed by atoms with van der Waals surface area (Å²) in [6.07, 6.45) is 5.61. The number of rotatable bonds is 4. The summed E-state index contributed by atoms with van der Waals surface area (Å²) in [6, 6.07) is 6.21. The molecule has 27 heavy (non-hydrogen) atoms. The molecule has 8 nitrogen and oxygen atoms in total. The normalized spacial score (nSPS) is 23.2. The predicted molar refractivity (Wildman–Crippen MR) is 104 cm³/mol. The van der Waals surface area contributed by atoms with Gasteiger partial charge in [0.15, 0.2) is 5.96 Å². The molecular weight excluding hydrogens is 344 g/mol. The van der Waals surface area contributed by atoms with Crippen molar-refractivity contribution in [2.45, 2.75) is 37.8 Å². The molecule has 1 saturated heterocycles. The number of pyridine rings is 2. The second kappa shape index (κ2) is 7.96. The Morgan fingerprint density at radius 1 is 1.26 bits per heavy atom. The zero-order chi connectivity index (χ0) is 18.6. The first-order valence-electron chi connectivity index (χ1n) is 9.55. The lowest BCUT2D eigenvalue weighted by atomic mass is 9.93. The maximum absolute atomic E-state index is 7.38. The van der Waals surface area contributed by atoms with E-state index in [0.29, 0.717) is 19.1 Å². The molecule has 0 atom stereocenters. The molecule has 1 saturated carbocycles. The molecule has 2 aromatic rings. The summed E-state index contributed by atoms with van der Waals surface area (Å²) in [5, 5.41) is 11.3. The van der Waals surface area contributed by atoms with Gasteiger partial charge in [0.05, 0.1) is 24.1 Å². The maximum atomic E-state index is 7.38. The molecule has 0 aromatic carbocycles. The van der Waals surface area contributed by atoms with Crippen molar-refractivity contribution in [2.75, 3.05) is 31.2 Å². The molecule has 144 valence electrons. The van der Waals surface area contributed by atoms with Crippen LogP contribution in [0, 0.1) is 5.41 Å². The Bertz CT molecular complexity index is 800. The van der Waals surface area contributed by atoms with Gasteiger partial charge in [0.25, 0.3) is 0 Å². The molecule has 2 aliphatic rings. The molecule has 4 N–H and O–H groups in total. The Morgan fingerprint density at radius 2 is 2.04 bits per heavy atom. The highest BCUT2D eigenvalue weighted by molar-refractivity contribution is 5.85. The van der Waals surface area contributed by atoms with Gasteiger partial charge in [0.2, 0.25) is 5.88 Å². The number of fused-ring (bicyclic) bond motifs is 1. The lowest BCUT2D eigenvalue weighted by molar-refractivity contribution is 0.121. The van der Waals surface area contributed by atoms with Gasteiger partial charge in [-0.25, -0.2) is 0 Å². The fourth-order valence-corrected chi connectivity index (χ4v) is 3.78. The van der Waals surface area contributed by atoms with Crippen molar-refractivity contribution in [3.8, 4) is 5.88 Å². The monoisotopic (exact) mass is 370 g/mol. The standard InChI is InChI=1S/C19H26N6O2/c20-19(21)23-13-3-5-14(6-4-13)27-18-15-2-1-7-22-16(15)12-17(24-18)25-8-10-26-11-9-25/h1-2,7,12-14H,3-6,8-11H2,(H4,20,21,23)/t13-,14+. The number of ether oxygens (including phenoxy) is 2. The van der Waals surface area contributed by atoms with Crippen LogP contribution in [0.2, 0.25) is 0 Å². The SMILES string of the molecule is N=C(N)N[C@H]1CC[C@@H](Oc2nc(N3CCOCC3)cc3ncccc23)CC1. The average Bonchev–Trinajstić information content (AvgIpc) is 2.70. The van der Waals surface area contributed by atoms with Crippen LogP contribution in [0.15, 0.2) is 24.4 Å². The smallest absolute Gasteiger partial charge is 0.225 e. The van der Waals surface area contributed by atoms with E-state index in [1.807, 2.05) is 18.2 Å². The number of nitrogens with two attached hydrogens (primary N) is 1. The molecular formula is C19H26N6O2. The van der Waals surface area contributed by atoms with Crippen LogP contribution in [-0.2, 0) is 4.74 Å². The Balaban J connectivity index is 1.53. The number of aromatic nitrogens is 2. The third-order valence-corrected chi connectivity index (χ3v) is 5.20. The molecule has 8 heteroatoms. The first kappa shape index (κ1) is 17.8. The Morgan fingerprint density at radius 3 is 2.78 bits per heavy atom. The van der Waals surface area contributed by atoms with E-state index < -0.39 is 0 Å². The topological polar surface area (TPSA) is 109 Å². The zero-order valence-electron chi connectivity index (χ0n) is 15.4. The summed E-state index contributed by atoms with van der Waals surface area (Å²) in [4.78, 5) is 11.6. The predicted octanol–water partition coefficient (Wildman–Crippen LogP) is 1.64. The number of hydrogen-bond acceptors (Lipinski definition) is 6. The van der Waals surface area contributed by atoms with E-state index in [4.69, 9.17) is 25.6 Å². The molecule has 1 aliphatic heterocycles. The average molecular weight is 370 g/mol. The summed E-state index contributed by atoms with van der Waals surface area (Å²) in [6.45, 7) is 3.08. The molecule has 0 amide bonds. The van der Waals surface area contributed by atoms with Crippen LogP contribution in [0.25, 0.3) is 10.9 Å². The Hall–Kier alpha value is -2.61. The van der Waals surface area contributed by atoms with Crippen LogP contribution in [0.5, 0.6) is 5.88 Å². The minimum absolute atomic E-state index is 0.0383. The van der Waals surface area contributed by atoms with Crippen LogP contribution in [0.1, 0.15) is 25.7 Å². The summed E-state index contributed by atoms with van der Waals surface area (Å²) in [5.41, 5.74) is 6.34. The van der Waals surface area contributed by atoms with Crippen LogP contribution in [0.4, 0.5) is 5.82 Å². The Labute approximate surface area is 158 Å². The number of guanidine groups is 1. The van der Waals surface area contributed by atoms with Gasteiger partial charge >= 0.3 is 0 Å². The van der Waals surface area contributed by atoms with Crippen molar-refractivity contribution in [3.63, 3.8) is 0 Å². The van der Waals surface area contributed by atoms with Crippen molar-refractivity contribution in [3.05, 3.63) is 24.4 Å². The lowest BCUT2D eigenvalue weighted by Crippen LogP contribution is -2.42. The van der Waals surface area contributed by atoms with Crippen LogP contribution >= 0.6 is 0 Å². The van der Waals surface area contributed by atoms with Crippen molar-refractivity contribution in [1.29, 1.82) is 5.41 Å². The van der Waals surface area contributed by atoms with E-state index in [1.54, 1.807) is 6.20 Å². The minimum Gasteiger partial charge on any atom is -0.474 e. The molecule has 0 bridgehead atoms. The molecule has 3 heterocycles. The van der Waals surface area contributed by atoms with Crippen LogP contribution in [0.3, 0.4) is 0 Å². The van der Waals surface area contributed by atoms with Gasteiger partial charge in [-0.1, -0.05) is 0 Å². The van der Waals surface area contributed by atoms with Crippen molar-refractivity contribution >= 4 is 22.7 Å². The van der Waals surface area contributed by atoms with Gasteiger partial charge < -0.3 is 25.4 Å². The van der Waals surface area contributed by atoms with Crippen LogP contribution < -0.4 is 20.7 Å². The molecule has 0 unspecified atom stereocenters. The minimum atomic E-state index is 0.0383. The highest BCUT2D eigenvalue weighted by atomic mass is 16.5. The van der Waals surface area contributed by atoms with Gasteiger partial charge in [0, 0.05) is 31.4 Å². The van der Waals surface area contributed by atoms with Gasteiger partial charge in [-0.05, 0) is 37.8 Å². The Kier molecular flexibility index (Phi) is 5.24. The number of hydrogen-bond donors (Lipinski definition) is 3. The van der Waals surface area contributed by atoms with Crippen molar-refractivity contribution in [2.24, 2.45) is 5.73 Å². The molecule has 1 aliphatic carbocycles. The first-order valence-corrected chi connectivity index (χ1v) is 9.55. The van der Waals surface area contributed by atoms with E-state index in [0.717, 1.165) is 55.5 Å². The third kappa shape index (κ3) is 4.21. The second-order valence-electron chi connectivity index (χ2n) is 7.10. The van der Waals surface area contributed by atoms with E-state index in [-0.39, 0.29) is 18.1 Å².